The molecule has 0 aliphatic carbocycles. The van der Waals surface area contributed by atoms with E-state index >= 15 is 0 Å². The molecule has 0 aliphatic heterocycles. The molecule has 0 saturated carbocycles. The highest BCUT2D eigenvalue weighted by molar-refractivity contribution is 5.90. The molecule has 2 rings (SSSR count). The number of aromatic nitrogens is 2. The third-order valence-electron chi connectivity index (χ3n) is 3.18. The van der Waals surface area contributed by atoms with Crippen molar-refractivity contribution in [3.8, 4) is 0 Å². The van der Waals surface area contributed by atoms with Crippen LogP contribution < -0.4 is 10.9 Å². The van der Waals surface area contributed by atoms with Crippen LogP contribution in [0, 0.1) is 20.8 Å². The lowest BCUT2D eigenvalue weighted by Gasteiger charge is -2.09. The summed E-state index contributed by atoms with van der Waals surface area (Å²) in [5.74, 6) is -0.247. The Morgan fingerprint density at radius 1 is 1.20 bits per heavy atom. The second-order valence-corrected chi connectivity index (χ2v) is 4.86. The fraction of sp³-hybridized carbons (Fsp3) is 0.267. The van der Waals surface area contributed by atoms with Gasteiger partial charge in [-0.1, -0.05) is 6.07 Å². The zero-order chi connectivity index (χ0) is 14.7. The standard InChI is InChI=1S/C15H17N3O2/c1-10-4-5-13(6-11(10)2)17-14(19)8-18-9-16-7-12(3)15(18)20/h4-7,9H,8H2,1-3H3,(H,17,19). The van der Waals surface area contributed by atoms with E-state index in [0.717, 1.165) is 11.3 Å². The van der Waals surface area contributed by atoms with E-state index in [2.05, 4.69) is 10.3 Å². The molecule has 5 heteroatoms. The quantitative estimate of drug-likeness (QED) is 0.926. The molecule has 2 aromatic rings. The Hall–Kier alpha value is -2.43. The van der Waals surface area contributed by atoms with Gasteiger partial charge in [0, 0.05) is 17.4 Å². The van der Waals surface area contributed by atoms with Crippen molar-refractivity contribution in [2.75, 3.05) is 5.32 Å². The van der Waals surface area contributed by atoms with Crippen LogP contribution in [0.25, 0.3) is 0 Å². The molecule has 0 unspecified atom stereocenters. The Labute approximate surface area is 117 Å². The van der Waals surface area contributed by atoms with Gasteiger partial charge in [-0.3, -0.25) is 14.2 Å². The molecule has 20 heavy (non-hydrogen) atoms. The number of benzene rings is 1. The maximum Gasteiger partial charge on any atom is 0.256 e. The van der Waals surface area contributed by atoms with Gasteiger partial charge in [-0.2, -0.15) is 0 Å². The van der Waals surface area contributed by atoms with Crippen molar-refractivity contribution in [3.63, 3.8) is 0 Å². The number of carbonyl (C=O) groups excluding carboxylic acids is 1. The van der Waals surface area contributed by atoms with Gasteiger partial charge in [0.05, 0.1) is 6.33 Å². The topological polar surface area (TPSA) is 64.0 Å². The third-order valence-corrected chi connectivity index (χ3v) is 3.18. The first-order valence-corrected chi connectivity index (χ1v) is 6.35. The number of nitrogens with zero attached hydrogens (tertiary/aromatic N) is 2. The van der Waals surface area contributed by atoms with Gasteiger partial charge in [-0.25, -0.2) is 4.98 Å². The number of aryl methyl sites for hydroxylation is 3. The number of nitrogens with one attached hydrogen (secondary N) is 1. The van der Waals surface area contributed by atoms with E-state index in [1.807, 2.05) is 32.0 Å². The predicted octanol–water partition coefficient (Wildman–Crippen LogP) is 1.81. The summed E-state index contributed by atoms with van der Waals surface area (Å²) >= 11 is 0. The maximum atomic E-state index is 11.9. The molecule has 0 fully saturated rings. The minimum absolute atomic E-state index is 0.0412. The van der Waals surface area contributed by atoms with Gasteiger partial charge in [0.15, 0.2) is 0 Å². The molecule has 5 nitrogen and oxygen atoms in total. The molecule has 1 aromatic heterocycles. The van der Waals surface area contributed by atoms with Gasteiger partial charge in [-0.15, -0.1) is 0 Å². The van der Waals surface area contributed by atoms with Gasteiger partial charge in [0.2, 0.25) is 5.91 Å². The lowest BCUT2D eigenvalue weighted by atomic mass is 10.1. The van der Waals surface area contributed by atoms with Crippen molar-refractivity contribution >= 4 is 11.6 Å². The molecular formula is C15H17N3O2. The van der Waals surface area contributed by atoms with Crippen LogP contribution in [-0.2, 0) is 11.3 Å². The van der Waals surface area contributed by atoms with E-state index in [9.17, 15) is 9.59 Å². The van der Waals surface area contributed by atoms with Crippen LogP contribution in [0.4, 0.5) is 5.69 Å². The number of carbonyl (C=O) groups is 1. The summed E-state index contributed by atoms with van der Waals surface area (Å²) in [4.78, 5) is 27.7. The number of hydrogen-bond acceptors (Lipinski definition) is 3. The van der Waals surface area contributed by atoms with E-state index < -0.39 is 0 Å². The first-order valence-electron chi connectivity index (χ1n) is 6.35. The lowest BCUT2D eigenvalue weighted by molar-refractivity contribution is -0.116. The minimum atomic E-state index is -0.247. The Kier molecular flexibility index (Phi) is 3.98. The van der Waals surface area contributed by atoms with E-state index in [-0.39, 0.29) is 18.0 Å². The summed E-state index contributed by atoms with van der Waals surface area (Å²) < 4.78 is 1.30. The van der Waals surface area contributed by atoms with Crippen molar-refractivity contribution in [3.05, 3.63) is 57.8 Å². The Balaban J connectivity index is 2.11. The van der Waals surface area contributed by atoms with Crippen molar-refractivity contribution in [1.82, 2.24) is 9.55 Å². The van der Waals surface area contributed by atoms with Crippen molar-refractivity contribution in [2.45, 2.75) is 27.3 Å². The smallest absolute Gasteiger partial charge is 0.256 e. The van der Waals surface area contributed by atoms with Crippen molar-refractivity contribution in [2.24, 2.45) is 0 Å². The summed E-state index contributed by atoms with van der Waals surface area (Å²) in [5, 5.41) is 2.78. The average molecular weight is 271 g/mol. The van der Waals surface area contributed by atoms with E-state index in [4.69, 9.17) is 0 Å². The molecule has 0 aliphatic rings. The van der Waals surface area contributed by atoms with Gasteiger partial charge in [-0.05, 0) is 44.0 Å². The first kappa shape index (κ1) is 14.0. The van der Waals surface area contributed by atoms with Gasteiger partial charge < -0.3 is 5.32 Å². The number of anilines is 1. The Bertz CT molecular complexity index is 705. The highest BCUT2D eigenvalue weighted by Crippen LogP contribution is 2.13. The van der Waals surface area contributed by atoms with Gasteiger partial charge in [0.25, 0.3) is 5.56 Å². The average Bonchev–Trinajstić information content (AvgIpc) is 2.39. The summed E-state index contributed by atoms with van der Waals surface area (Å²) in [6, 6.07) is 5.70. The van der Waals surface area contributed by atoms with Crippen molar-refractivity contribution in [1.29, 1.82) is 0 Å². The normalized spacial score (nSPS) is 10.3. The molecule has 1 heterocycles. The predicted molar refractivity (Wildman–Crippen MR) is 77.8 cm³/mol. The molecule has 0 bridgehead atoms. The molecule has 0 atom stereocenters. The van der Waals surface area contributed by atoms with Crippen LogP contribution in [0.3, 0.4) is 0 Å². The van der Waals surface area contributed by atoms with Crippen LogP contribution >= 0.6 is 0 Å². The summed E-state index contributed by atoms with van der Waals surface area (Å²) in [7, 11) is 0. The third kappa shape index (κ3) is 3.12. The summed E-state index contributed by atoms with van der Waals surface area (Å²) in [5.41, 5.74) is 3.33. The molecule has 104 valence electrons. The molecule has 0 radical (unpaired) electrons. The van der Waals surface area contributed by atoms with E-state index in [1.54, 1.807) is 6.92 Å². The monoisotopic (exact) mass is 271 g/mol. The van der Waals surface area contributed by atoms with E-state index in [1.165, 1.54) is 22.7 Å². The second kappa shape index (κ2) is 5.69. The molecular weight excluding hydrogens is 254 g/mol. The second-order valence-electron chi connectivity index (χ2n) is 4.86. The van der Waals surface area contributed by atoms with Crippen LogP contribution in [0.1, 0.15) is 16.7 Å². The number of rotatable bonds is 3. The molecule has 1 amide bonds. The zero-order valence-electron chi connectivity index (χ0n) is 11.8. The highest BCUT2D eigenvalue weighted by Gasteiger charge is 2.07. The van der Waals surface area contributed by atoms with Gasteiger partial charge >= 0.3 is 0 Å². The zero-order valence-corrected chi connectivity index (χ0v) is 11.8. The van der Waals surface area contributed by atoms with Crippen LogP contribution in [0.5, 0.6) is 0 Å². The Morgan fingerprint density at radius 3 is 2.65 bits per heavy atom. The molecule has 0 saturated heterocycles. The molecule has 0 spiro atoms. The lowest BCUT2D eigenvalue weighted by Crippen LogP contribution is -2.28. The number of hydrogen-bond donors (Lipinski definition) is 1. The van der Waals surface area contributed by atoms with Crippen molar-refractivity contribution < 1.29 is 4.79 Å². The minimum Gasteiger partial charge on any atom is -0.325 e. The highest BCUT2D eigenvalue weighted by atomic mass is 16.2. The maximum absolute atomic E-state index is 11.9. The van der Waals surface area contributed by atoms with Crippen LogP contribution in [-0.4, -0.2) is 15.5 Å². The van der Waals surface area contributed by atoms with Crippen LogP contribution in [0.2, 0.25) is 0 Å². The Morgan fingerprint density at radius 2 is 1.95 bits per heavy atom. The fourth-order valence-electron chi connectivity index (χ4n) is 1.85. The largest absolute Gasteiger partial charge is 0.325 e. The van der Waals surface area contributed by atoms with Gasteiger partial charge in [0.1, 0.15) is 6.54 Å². The molecule has 1 aromatic carbocycles. The first-order chi connectivity index (χ1) is 9.47. The molecule has 1 N–H and O–H groups in total. The SMILES string of the molecule is Cc1ccc(NC(=O)Cn2cncc(C)c2=O)cc1C. The summed E-state index contributed by atoms with van der Waals surface area (Å²) in [6.07, 6.45) is 2.86. The number of amides is 1. The summed E-state index contributed by atoms with van der Waals surface area (Å²) in [6.45, 7) is 5.63. The van der Waals surface area contributed by atoms with Crippen LogP contribution in [0.15, 0.2) is 35.5 Å². The fourth-order valence-corrected chi connectivity index (χ4v) is 1.85. The van der Waals surface area contributed by atoms with E-state index in [0.29, 0.717) is 5.56 Å².